The molecule has 0 unspecified atom stereocenters. The van der Waals surface area contributed by atoms with Crippen LogP contribution in [0.3, 0.4) is 0 Å². The summed E-state index contributed by atoms with van der Waals surface area (Å²) in [5.41, 5.74) is 3.12. The van der Waals surface area contributed by atoms with Gasteiger partial charge in [0.05, 0.1) is 24.0 Å². The summed E-state index contributed by atoms with van der Waals surface area (Å²) in [7, 11) is 0. The van der Waals surface area contributed by atoms with Gasteiger partial charge in [0.25, 0.3) is 5.91 Å². The van der Waals surface area contributed by atoms with Crippen LogP contribution in [-0.4, -0.2) is 61.0 Å². The van der Waals surface area contributed by atoms with Gasteiger partial charge in [-0.1, -0.05) is 48.0 Å². The summed E-state index contributed by atoms with van der Waals surface area (Å²) < 4.78 is 25.3. The number of para-hydroxylation sites is 1. The summed E-state index contributed by atoms with van der Waals surface area (Å²) in [5, 5.41) is 6.95. The molecule has 1 atom stereocenters. The molecular formula is C28H26ClFN4O3. The number of carbonyl (C=O) groups excluding carboxylic acids is 1. The first-order valence-corrected chi connectivity index (χ1v) is 12.7. The second-order valence-electron chi connectivity index (χ2n) is 9.31. The number of hydrogen-bond acceptors (Lipinski definition) is 6. The number of rotatable bonds is 5. The van der Waals surface area contributed by atoms with Crippen LogP contribution in [0.1, 0.15) is 23.6 Å². The Balaban J connectivity index is 1.20. The normalized spacial score (nSPS) is 19.3. The fourth-order valence-electron chi connectivity index (χ4n) is 5.10. The number of hydrazone groups is 1. The van der Waals surface area contributed by atoms with Gasteiger partial charge < -0.3 is 14.4 Å². The molecule has 3 aliphatic heterocycles. The van der Waals surface area contributed by atoms with Crippen molar-refractivity contribution in [1.82, 2.24) is 9.91 Å². The Morgan fingerprint density at radius 2 is 1.73 bits per heavy atom. The summed E-state index contributed by atoms with van der Waals surface area (Å²) in [6.45, 7) is 3.02. The summed E-state index contributed by atoms with van der Waals surface area (Å²) in [6, 6.07) is 19.8. The highest BCUT2D eigenvalue weighted by atomic mass is 35.5. The monoisotopic (exact) mass is 520 g/mol. The predicted octanol–water partition coefficient (Wildman–Crippen LogP) is 4.71. The average molecular weight is 521 g/mol. The van der Waals surface area contributed by atoms with Gasteiger partial charge in [-0.3, -0.25) is 9.69 Å². The molecule has 0 bridgehead atoms. The van der Waals surface area contributed by atoms with Crippen molar-refractivity contribution in [2.75, 3.05) is 44.4 Å². The van der Waals surface area contributed by atoms with Crippen molar-refractivity contribution < 1.29 is 18.7 Å². The Morgan fingerprint density at radius 1 is 0.973 bits per heavy atom. The van der Waals surface area contributed by atoms with E-state index in [1.165, 1.54) is 6.07 Å². The first kappa shape index (κ1) is 23.8. The molecule has 0 aromatic heterocycles. The molecule has 0 N–H and O–H groups in total. The minimum atomic E-state index is -0.284. The summed E-state index contributed by atoms with van der Waals surface area (Å²) >= 11 is 6.47. The minimum absolute atomic E-state index is 0.0935. The zero-order valence-electron chi connectivity index (χ0n) is 20.1. The van der Waals surface area contributed by atoms with E-state index in [0.29, 0.717) is 54.8 Å². The molecular weight excluding hydrogens is 495 g/mol. The summed E-state index contributed by atoms with van der Waals surface area (Å²) in [4.78, 5) is 17.7. The second-order valence-corrected chi connectivity index (χ2v) is 9.72. The largest absolute Gasteiger partial charge is 0.454 e. The van der Waals surface area contributed by atoms with E-state index >= 15 is 0 Å². The van der Waals surface area contributed by atoms with Crippen molar-refractivity contribution in [2.24, 2.45) is 5.10 Å². The maximum absolute atomic E-state index is 14.2. The third-order valence-corrected chi connectivity index (χ3v) is 7.39. The van der Waals surface area contributed by atoms with Crippen molar-refractivity contribution in [2.45, 2.75) is 12.5 Å². The Bertz CT molecular complexity index is 1360. The van der Waals surface area contributed by atoms with Crippen molar-refractivity contribution in [3.05, 3.63) is 88.7 Å². The number of carbonyl (C=O) groups is 1. The molecule has 0 saturated carbocycles. The molecule has 0 radical (unpaired) electrons. The third-order valence-electron chi connectivity index (χ3n) is 7.06. The van der Waals surface area contributed by atoms with Crippen LogP contribution in [-0.2, 0) is 4.79 Å². The van der Waals surface area contributed by atoms with E-state index in [2.05, 4.69) is 4.90 Å². The quantitative estimate of drug-likeness (QED) is 0.488. The van der Waals surface area contributed by atoms with Crippen LogP contribution < -0.4 is 14.4 Å². The number of benzene rings is 3. The summed E-state index contributed by atoms with van der Waals surface area (Å²) in [5.74, 6) is 1.04. The van der Waals surface area contributed by atoms with Crippen LogP contribution in [0, 0.1) is 5.82 Å². The maximum atomic E-state index is 14.2. The highest BCUT2D eigenvalue weighted by Crippen LogP contribution is 2.40. The molecule has 0 spiro atoms. The lowest BCUT2D eigenvalue weighted by Crippen LogP contribution is -2.49. The minimum Gasteiger partial charge on any atom is -0.454 e. The zero-order chi connectivity index (χ0) is 25.4. The lowest BCUT2D eigenvalue weighted by Gasteiger charge is -2.36. The van der Waals surface area contributed by atoms with Gasteiger partial charge in [-0.05, 0) is 35.9 Å². The number of nitrogens with zero attached hydrogens (tertiary/aromatic N) is 4. The van der Waals surface area contributed by atoms with E-state index < -0.39 is 0 Å². The number of ether oxygens (including phenoxy) is 2. The van der Waals surface area contributed by atoms with Gasteiger partial charge in [-0.2, -0.15) is 5.10 Å². The van der Waals surface area contributed by atoms with Gasteiger partial charge in [-0.25, -0.2) is 9.40 Å². The number of piperazine rings is 1. The smallest absolute Gasteiger partial charge is 0.257 e. The second kappa shape index (κ2) is 10.0. The van der Waals surface area contributed by atoms with Crippen LogP contribution >= 0.6 is 11.6 Å². The number of anilines is 1. The number of halogens is 2. The fourth-order valence-corrected chi connectivity index (χ4v) is 5.34. The van der Waals surface area contributed by atoms with Crippen LogP contribution in [0.25, 0.3) is 0 Å². The Morgan fingerprint density at radius 3 is 2.54 bits per heavy atom. The first-order chi connectivity index (χ1) is 18.1. The Kier molecular flexibility index (Phi) is 6.44. The zero-order valence-corrected chi connectivity index (χ0v) is 20.9. The standard InChI is InChI=1S/C28H26ClFN4O3/c29-21-6-2-1-5-20(21)23-16-25(19-9-10-26-27(15-19)37-18-36-26)34(31-23)28(35)17-32-11-13-33(14-12-32)24-8-4-3-7-22(24)30/h1-10,15,25H,11-14,16-18H2/t25-/m0/s1. The average Bonchev–Trinajstić information content (AvgIpc) is 3.57. The van der Waals surface area contributed by atoms with Gasteiger partial charge in [-0.15, -0.1) is 0 Å². The maximum Gasteiger partial charge on any atom is 0.257 e. The van der Waals surface area contributed by atoms with Gasteiger partial charge in [0, 0.05) is 43.2 Å². The molecule has 1 saturated heterocycles. The van der Waals surface area contributed by atoms with Gasteiger partial charge >= 0.3 is 0 Å². The fraction of sp³-hybridized carbons (Fsp3) is 0.286. The number of fused-ring (bicyclic) bond motifs is 1. The van der Waals surface area contributed by atoms with Crippen molar-refractivity contribution in [3.8, 4) is 11.5 Å². The van der Waals surface area contributed by atoms with Gasteiger partial charge in [0.15, 0.2) is 11.5 Å². The van der Waals surface area contributed by atoms with Crippen molar-refractivity contribution in [3.63, 3.8) is 0 Å². The first-order valence-electron chi connectivity index (χ1n) is 12.3. The van der Waals surface area contributed by atoms with Crippen LogP contribution in [0.15, 0.2) is 71.8 Å². The van der Waals surface area contributed by atoms with Crippen molar-refractivity contribution in [1.29, 1.82) is 0 Å². The molecule has 190 valence electrons. The van der Waals surface area contributed by atoms with Gasteiger partial charge in [0.2, 0.25) is 6.79 Å². The number of amides is 1. The Hall–Kier alpha value is -3.62. The van der Waals surface area contributed by atoms with E-state index in [9.17, 15) is 9.18 Å². The van der Waals surface area contributed by atoms with E-state index in [1.807, 2.05) is 53.4 Å². The van der Waals surface area contributed by atoms with Crippen LogP contribution in [0.5, 0.6) is 11.5 Å². The highest BCUT2D eigenvalue weighted by Gasteiger charge is 2.35. The van der Waals surface area contributed by atoms with Crippen LogP contribution in [0.2, 0.25) is 5.02 Å². The van der Waals surface area contributed by atoms with Crippen LogP contribution in [0.4, 0.5) is 10.1 Å². The van der Waals surface area contributed by atoms with E-state index in [4.69, 9.17) is 26.2 Å². The van der Waals surface area contributed by atoms with E-state index in [0.717, 1.165) is 16.8 Å². The van der Waals surface area contributed by atoms with E-state index in [1.54, 1.807) is 17.1 Å². The lowest BCUT2D eigenvalue weighted by atomic mass is 9.98. The predicted molar refractivity (Wildman–Crippen MR) is 140 cm³/mol. The van der Waals surface area contributed by atoms with Gasteiger partial charge in [0.1, 0.15) is 5.82 Å². The molecule has 0 aliphatic carbocycles. The molecule has 1 amide bonds. The number of hydrogen-bond donors (Lipinski definition) is 0. The third kappa shape index (κ3) is 4.74. The molecule has 3 aromatic carbocycles. The summed E-state index contributed by atoms with van der Waals surface area (Å²) in [6.07, 6.45) is 0.538. The SMILES string of the molecule is O=C(CN1CCN(c2ccccc2F)CC1)N1N=C(c2ccccc2Cl)C[C@H]1c1ccc2c(c1)OCO2. The topological polar surface area (TPSA) is 57.6 Å². The molecule has 37 heavy (non-hydrogen) atoms. The van der Waals surface area contributed by atoms with Crippen molar-refractivity contribution >= 4 is 28.9 Å². The molecule has 9 heteroatoms. The Labute approximate surface area is 219 Å². The lowest BCUT2D eigenvalue weighted by molar-refractivity contribution is -0.134. The molecule has 1 fully saturated rings. The highest BCUT2D eigenvalue weighted by molar-refractivity contribution is 6.34. The molecule has 7 nitrogen and oxygen atoms in total. The van der Waals surface area contributed by atoms with E-state index in [-0.39, 0.29) is 31.1 Å². The molecule has 3 aliphatic rings. The molecule has 3 heterocycles. The molecule has 6 rings (SSSR count). The molecule has 3 aromatic rings.